The Morgan fingerprint density at radius 2 is 1.89 bits per heavy atom. The number of rotatable bonds is 4. The minimum atomic E-state index is 0.463. The van der Waals surface area contributed by atoms with Crippen LogP contribution in [0, 0.1) is 11.3 Å². The summed E-state index contributed by atoms with van der Waals surface area (Å²) < 4.78 is 14.4. The van der Waals surface area contributed by atoms with Crippen molar-refractivity contribution in [3.63, 3.8) is 0 Å². The molecule has 87 valence electrons. The Bertz CT molecular complexity index is 569. The monoisotopic (exact) mass is 254 g/mol. The molecule has 0 spiro atoms. The van der Waals surface area contributed by atoms with Crippen LogP contribution in [0.5, 0.6) is 11.5 Å². The Labute approximate surface area is 110 Å². The first-order valence-electron chi connectivity index (χ1n) is 5.24. The van der Waals surface area contributed by atoms with Gasteiger partial charge in [0.15, 0.2) is 0 Å². The fraction of sp³-hybridized carbons (Fsp3) is 0. The first-order chi connectivity index (χ1) is 8.83. The van der Waals surface area contributed by atoms with Crippen LogP contribution in [0.4, 0.5) is 0 Å². The molecular formula is C13H9BNO2S. The molecule has 1 radical (unpaired) electrons. The zero-order valence-corrected chi connectivity index (χ0v) is 10.2. The van der Waals surface area contributed by atoms with E-state index in [1.165, 1.54) is 6.56 Å². The minimum absolute atomic E-state index is 0.463. The molecular weight excluding hydrogens is 245 g/mol. The van der Waals surface area contributed by atoms with Crippen molar-refractivity contribution in [2.45, 2.75) is 0 Å². The molecule has 2 aromatic rings. The van der Waals surface area contributed by atoms with E-state index in [0.717, 1.165) is 5.75 Å². The summed E-state index contributed by atoms with van der Waals surface area (Å²) in [4.78, 5) is 0. The van der Waals surface area contributed by atoms with E-state index in [0.29, 0.717) is 28.7 Å². The predicted molar refractivity (Wildman–Crippen MR) is 73.3 cm³/mol. The summed E-state index contributed by atoms with van der Waals surface area (Å²) in [5.41, 5.74) is 1.13. The highest BCUT2D eigenvalue weighted by molar-refractivity contribution is 8.19. The van der Waals surface area contributed by atoms with Crippen molar-refractivity contribution in [2.75, 3.05) is 0 Å². The molecule has 0 atom stereocenters. The van der Waals surface area contributed by atoms with Crippen LogP contribution in [0.25, 0.3) is 0 Å². The molecule has 2 aromatic carbocycles. The quantitative estimate of drug-likeness (QED) is 0.673. The third kappa shape index (κ3) is 3.07. The van der Waals surface area contributed by atoms with Crippen LogP contribution in [0.2, 0.25) is 0 Å². The van der Waals surface area contributed by atoms with Crippen molar-refractivity contribution in [2.24, 2.45) is 0 Å². The van der Waals surface area contributed by atoms with E-state index < -0.39 is 0 Å². The van der Waals surface area contributed by atoms with Crippen molar-refractivity contribution < 1.29 is 9.29 Å². The molecule has 3 nitrogen and oxygen atoms in total. The van der Waals surface area contributed by atoms with E-state index in [4.69, 9.17) is 14.6 Å². The molecule has 0 fully saturated rings. The first-order valence-corrected chi connectivity index (χ1v) is 6.07. The number of hydrogen-bond acceptors (Lipinski definition) is 4. The van der Waals surface area contributed by atoms with Crippen LogP contribution in [-0.2, 0) is 0 Å². The van der Waals surface area contributed by atoms with Crippen LogP contribution in [0.1, 0.15) is 5.56 Å². The van der Waals surface area contributed by atoms with E-state index in [1.807, 2.05) is 30.3 Å². The molecule has 0 aromatic heterocycles. The number of ether oxygens (including phenoxy) is 1. The van der Waals surface area contributed by atoms with Gasteiger partial charge < -0.3 is 9.29 Å². The van der Waals surface area contributed by atoms with Gasteiger partial charge in [-0.15, -0.1) is 0 Å². The lowest BCUT2D eigenvalue weighted by Crippen LogP contribution is -2.14. The van der Waals surface area contributed by atoms with E-state index in [2.05, 4.69) is 6.07 Å². The molecule has 0 unspecified atom stereocenters. The molecule has 0 saturated heterocycles. The van der Waals surface area contributed by atoms with Gasteiger partial charge in [-0.2, -0.15) is 5.26 Å². The van der Waals surface area contributed by atoms with E-state index in [9.17, 15) is 0 Å². The van der Waals surface area contributed by atoms with Gasteiger partial charge in [0.2, 0.25) is 0 Å². The Kier molecular flexibility index (Phi) is 4.29. The third-order valence-corrected chi connectivity index (χ3v) is 2.66. The lowest BCUT2D eigenvalue weighted by molar-refractivity contribution is 0.482. The number of benzene rings is 2. The summed E-state index contributed by atoms with van der Waals surface area (Å²) in [6.45, 7) is 1.50. The van der Waals surface area contributed by atoms with Crippen molar-refractivity contribution in [1.29, 1.82) is 5.26 Å². The second-order valence-corrected chi connectivity index (χ2v) is 3.95. The van der Waals surface area contributed by atoms with Crippen molar-refractivity contribution in [3.8, 4) is 17.6 Å². The highest BCUT2D eigenvalue weighted by Crippen LogP contribution is 2.21. The summed E-state index contributed by atoms with van der Waals surface area (Å²) in [5.74, 6) is 1.31. The summed E-state index contributed by atoms with van der Waals surface area (Å²) in [5, 5.41) is 9.02. The highest BCUT2D eigenvalue weighted by Gasteiger charge is 2.06. The zero-order valence-electron chi connectivity index (χ0n) is 9.41. The number of hydrogen-bond donors (Lipinski definition) is 1. The largest absolute Gasteiger partial charge is 0.457 e. The fourth-order valence-corrected chi connectivity index (χ4v) is 1.80. The average molecular weight is 254 g/mol. The molecule has 1 N–H and O–H groups in total. The van der Waals surface area contributed by atoms with Gasteiger partial charge in [-0.1, -0.05) is 41.6 Å². The Hall–Kier alpha value is -1.90. The van der Waals surface area contributed by atoms with Crippen molar-refractivity contribution in [3.05, 3.63) is 54.1 Å². The first kappa shape index (κ1) is 12.6. The van der Waals surface area contributed by atoms with Gasteiger partial charge in [-0.25, -0.2) is 0 Å². The Morgan fingerprint density at radius 3 is 2.56 bits per heavy atom. The summed E-state index contributed by atoms with van der Waals surface area (Å²) in [6, 6.07) is 16.6. The van der Waals surface area contributed by atoms with Gasteiger partial charge >= 0.3 is 0 Å². The molecule has 0 aliphatic carbocycles. The Balaban J connectivity index is 2.23. The van der Waals surface area contributed by atoms with E-state index in [-0.39, 0.29) is 0 Å². The van der Waals surface area contributed by atoms with E-state index >= 15 is 0 Å². The predicted octanol–water partition coefficient (Wildman–Crippen LogP) is 2.80. The maximum absolute atomic E-state index is 9.02. The van der Waals surface area contributed by atoms with Crippen LogP contribution < -0.4 is 10.2 Å². The second-order valence-electron chi connectivity index (χ2n) is 3.50. The number of para-hydroxylation sites is 1. The van der Waals surface area contributed by atoms with Gasteiger partial charge in [-0.05, 0) is 24.3 Å². The third-order valence-electron chi connectivity index (χ3n) is 2.30. The standard InChI is InChI=1S/C13H9BNO2S/c15-9-10-8-12(6-7-13(10)14-18-16)17-11-4-2-1-3-5-11/h1-8,16H. The lowest BCUT2D eigenvalue weighted by atomic mass is 9.89. The summed E-state index contributed by atoms with van der Waals surface area (Å²) in [6.07, 6.45) is 0. The van der Waals surface area contributed by atoms with Gasteiger partial charge in [0.25, 0.3) is 6.56 Å². The molecule has 5 heteroatoms. The molecule has 2 rings (SSSR count). The van der Waals surface area contributed by atoms with Gasteiger partial charge in [-0.3, -0.25) is 0 Å². The number of nitriles is 1. The van der Waals surface area contributed by atoms with Gasteiger partial charge in [0, 0.05) is 0 Å². The molecule has 0 bridgehead atoms. The van der Waals surface area contributed by atoms with Crippen molar-refractivity contribution >= 4 is 23.9 Å². The maximum atomic E-state index is 9.02. The van der Waals surface area contributed by atoms with Gasteiger partial charge in [0.05, 0.1) is 11.6 Å². The van der Waals surface area contributed by atoms with E-state index in [1.54, 1.807) is 18.2 Å². The van der Waals surface area contributed by atoms with Crippen LogP contribution in [-0.4, -0.2) is 11.1 Å². The highest BCUT2D eigenvalue weighted by atomic mass is 32.2. The topological polar surface area (TPSA) is 53.2 Å². The maximum Gasteiger partial charge on any atom is 0.269 e. The molecule has 18 heavy (non-hydrogen) atoms. The normalized spacial score (nSPS) is 9.56. The second kappa shape index (κ2) is 6.15. The number of nitrogens with zero attached hydrogens (tertiary/aromatic N) is 1. The summed E-state index contributed by atoms with van der Waals surface area (Å²) >= 11 is 0.577. The summed E-state index contributed by atoms with van der Waals surface area (Å²) in [7, 11) is 0. The van der Waals surface area contributed by atoms with Crippen LogP contribution >= 0.6 is 11.9 Å². The molecule has 0 amide bonds. The molecule has 0 aliphatic heterocycles. The van der Waals surface area contributed by atoms with Crippen LogP contribution in [0.3, 0.4) is 0 Å². The lowest BCUT2D eigenvalue weighted by Gasteiger charge is -2.07. The molecule has 0 heterocycles. The van der Waals surface area contributed by atoms with Crippen LogP contribution in [0.15, 0.2) is 48.5 Å². The minimum Gasteiger partial charge on any atom is -0.457 e. The smallest absolute Gasteiger partial charge is 0.269 e. The SMILES string of the molecule is N#Cc1cc(Oc2ccccc2)ccc1[B]SO. The van der Waals surface area contributed by atoms with Crippen molar-refractivity contribution in [1.82, 2.24) is 0 Å². The fourth-order valence-electron chi connectivity index (χ4n) is 1.48. The zero-order chi connectivity index (χ0) is 12.8. The molecule has 0 aliphatic rings. The Morgan fingerprint density at radius 1 is 1.11 bits per heavy atom. The molecule has 0 saturated carbocycles. The average Bonchev–Trinajstić information content (AvgIpc) is 2.42. The van der Waals surface area contributed by atoms with Gasteiger partial charge in [0.1, 0.15) is 11.5 Å².